The fraction of sp³-hybridized carbons (Fsp3) is 0.500. The van der Waals surface area contributed by atoms with Crippen LogP contribution in [0.4, 0.5) is 11.4 Å². The zero-order chi connectivity index (χ0) is 19.5. The van der Waals surface area contributed by atoms with Crippen LogP contribution in [-0.2, 0) is 0 Å². The van der Waals surface area contributed by atoms with E-state index in [0.29, 0.717) is 16.8 Å². The summed E-state index contributed by atoms with van der Waals surface area (Å²) in [6, 6.07) is 10.5. The summed E-state index contributed by atoms with van der Waals surface area (Å²) >= 11 is 6.37. The maximum absolute atomic E-state index is 6.37. The molecule has 2 aliphatic heterocycles. The van der Waals surface area contributed by atoms with Crippen LogP contribution in [0.5, 0.6) is 11.6 Å². The zero-order valence-corrected chi connectivity index (χ0v) is 17.4. The van der Waals surface area contributed by atoms with E-state index in [0.717, 1.165) is 44.0 Å². The van der Waals surface area contributed by atoms with Gasteiger partial charge in [0, 0.05) is 50.3 Å². The van der Waals surface area contributed by atoms with Gasteiger partial charge in [0.2, 0.25) is 5.88 Å². The standard InChI is InChI=1S/C22H28ClN3O2/c1-16-15-26(20-13-22(27-2)24-14-19(20)23)12-9-21(16)28-18-7-5-17(6-8-18)25-10-3-4-11-25/h5-8,13-14,16,21H,3-4,9-12,15H2,1-2H3. The number of halogens is 1. The molecule has 0 saturated carbocycles. The Bertz CT molecular complexity index is 793. The van der Waals surface area contributed by atoms with Crippen molar-refractivity contribution in [1.29, 1.82) is 0 Å². The van der Waals surface area contributed by atoms with Crippen LogP contribution in [0.25, 0.3) is 0 Å². The molecule has 0 N–H and O–H groups in total. The van der Waals surface area contributed by atoms with Crippen molar-refractivity contribution in [2.45, 2.75) is 32.3 Å². The van der Waals surface area contributed by atoms with Gasteiger partial charge in [0.1, 0.15) is 11.9 Å². The van der Waals surface area contributed by atoms with Crippen molar-refractivity contribution in [3.63, 3.8) is 0 Å². The number of methoxy groups -OCH3 is 1. The topological polar surface area (TPSA) is 37.8 Å². The quantitative estimate of drug-likeness (QED) is 0.729. The molecule has 0 spiro atoms. The van der Waals surface area contributed by atoms with Crippen molar-refractivity contribution in [2.24, 2.45) is 5.92 Å². The Kier molecular flexibility index (Phi) is 5.81. The molecule has 0 aliphatic carbocycles. The second-order valence-electron chi connectivity index (χ2n) is 7.73. The maximum Gasteiger partial charge on any atom is 0.215 e. The van der Waals surface area contributed by atoms with Gasteiger partial charge in [0.05, 0.1) is 24.0 Å². The third-order valence-corrected chi connectivity index (χ3v) is 6.07. The summed E-state index contributed by atoms with van der Waals surface area (Å²) in [5.41, 5.74) is 2.28. The average molecular weight is 402 g/mol. The molecule has 2 fully saturated rings. The molecule has 150 valence electrons. The van der Waals surface area contributed by atoms with Gasteiger partial charge in [-0.1, -0.05) is 18.5 Å². The Morgan fingerprint density at radius 2 is 1.82 bits per heavy atom. The fourth-order valence-electron chi connectivity index (χ4n) is 4.17. The molecule has 0 radical (unpaired) electrons. The zero-order valence-electron chi connectivity index (χ0n) is 16.6. The molecule has 2 aromatic rings. The maximum atomic E-state index is 6.37. The molecule has 3 heterocycles. The summed E-state index contributed by atoms with van der Waals surface area (Å²) in [7, 11) is 1.62. The number of piperidine rings is 1. The lowest BCUT2D eigenvalue weighted by atomic mass is 9.96. The summed E-state index contributed by atoms with van der Waals surface area (Å²) in [5, 5.41) is 0.657. The van der Waals surface area contributed by atoms with Gasteiger partial charge in [-0.15, -0.1) is 0 Å². The molecule has 1 aromatic carbocycles. The fourth-order valence-corrected chi connectivity index (χ4v) is 4.39. The van der Waals surface area contributed by atoms with Crippen molar-refractivity contribution < 1.29 is 9.47 Å². The number of hydrogen-bond acceptors (Lipinski definition) is 5. The van der Waals surface area contributed by atoms with E-state index >= 15 is 0 Å². The number of benzene rings is 1. The average Bonchev–Trinajstić information content (AvgIpc) is 3.25. The Balaban J connectivity index is 1.38. The van der Waals surface area contributed by atoms with Gasteiger partial charge in [0.25, 0.3) is 0 Å². The molecule has 28 heavy (non-hydrogen) atoms. The molecule has 5 nitrogen and oxygen atoms in total. The molecule has 0 amide bonds. The Hall–Kier alpha value is -2.14. The minimum atomic E-state index is 0.205. The summed E-state index contributed by atoms with van der Waals surface area (Å²) in [6.45, 7) is 6.36. The Morgan fingerprint density at radius 1 is 1.07 bits per heavy atom. The van der Waals surface area contributed by atoms with Crippen molar-refractivity contribution in [2.75, 3.05) is 43.1 Å². The van der Waals surface area contributed by atoms with Crippen LogP contribution in [0.15, 0.2) is 36.5 Å². The van der Waals surface area contributed by atoms with Crippen LogP contribution < -0.4 is 19.3 Å². The lowest BCUT2D eigenvalue weighted by Crippen LogP contribution is -2.44. The van der Waals surface area contributed by atoms with Gasteiger partial charge in [-0.2, -0.15) is 0 Å². The molecule has 2 unspecified atom stereocenters. The van der Waals surface area contributed by atoms with Gasteiger partial charge in [-0.3, -0.25) is 0 Å². The number of anilines is 2. The number of rotatable bonds is 5. The van der Waals surface area contributed by atoms with E-state index in [9.17, 15) is 0 Å². The van der Waals surface area contributed by atoms with E-state index in [4.69, 9.17) is 21.1 Å². The van der Waals surface area contributed by atoms with Gasteiger partial charge in [-0.25, -0.2) is 4.98 Å². The van der Waals surface area contributed by atoms with E-state index in [1.54, 1.807) is 13.3 Å². The van der Waals surface area contributed by atoms with Crippen molar-refractivity contribution in [3.8, 4) is 11.6 Å². The first kappa shape index (κ1) is 19.2. The van der Waals surface area contributed by atoms with Gasteiger partial charge in [0.15, 0.2) is 0 Å². The summed E-state index contributed by atoms with van der Waals surface area (Å²) in [5.74, 6) is 1.93. The first-order valence-corrected chi connectivity index (χ1v) is 10.5. The Morgan fingerprint density at radius 3 is 2.50 bits per heavy atom. The predicted molar refractivity (Wildman–Crippen MR) is 114 cm³/mol. The van der Waals surface area contributed by atoms with E-state index < -0.39 is 0 Å². The molecule has 2 saturated heterocycles. The van der Waals surface area contributed by atoms with E-state index in [2.05, 4.69) is 46.0 Å². The number of aromatic nitrogens is 1. The van der Waals surface area contributed by atoms with E-state index in [-0.39, 0.29) is 6.10 Å². The van der Waals surface area contributed by atoms with E-state index in [1.165, 1.54) is 18.5 Å². The Labute approximate surface area is 172 Å². The summed E-state index contributed by atoms with van der Waals surface area (Å²) < 4.78 is 11.6. The highest BCUT2D eigenvalue weighted by Gasteiger charge is 2.29. The highest BCUT2D eigenvalue weighted by atomic mass is 35.5. The summed E-state index contributed by atoms with van der Waals surface area (Å²) in [6.07, 6.45) is 5.40. The van der Waals surface area contributed by atoms with Crippen LogP contribution >= 0.6 is 11.6 Å². The first-order valence-electron chi connectivity index (χ1n) is 10.1. The SMILES string of the molecule is COc1cc(N2CCC(Oc3ccc(N4CCCC4)cc3)C(C)C2)c(Cl)cn1. The van der Waals surface area contributed by atoms with Crippen LogP contribution in [0.1, 0.15) is 26.2 Å². The molecule has 2 atom stereocenters. The van der Waals surface area contributed by atoms with Crippen LogP contribution in [0.3, 0.4) is 0 Å². The minimum Gasteiger partial charge on any atom is -0.490 e. The first-order chi connectivity index (χ1) is 13.6. The number of nitrogens with zero attached hydrogens (tertiary/aromatic N) is 3. The molecule has 1 aromatic heterocycles. The minimum absolute atomic E-state index is 0.205. The lowest BCUT2D eigenvalue weighted by molar-refractivity contribution is 0.121. The van der Waals surface area contributed by atoms with Gasteiger partial charge >= 0.3 is 0 Å². The highest BCUT2D eigenvalue weighted by molar-refractivity contribution is 6.33. The largest absolute Gasteiger partial charge is 0.490 e. The second-order valence-corrected chi connectivity index (χ2v) is 8.14. The third-order valence-electron chi connectivity index (χ3n) is 5.78. The predicted octanol–water partition coefficient (Wildman–Crippen LogP) is 4.64. The van der Waals surface area contributed by atoms with E-state index in [1.807, 2.05) is 6.07 Å². The highest BCUT2D eigenvalue weighted by Crippen LogP contribution is 2.33. The molecule has 0 bridgehead atoms. The number of hydrogen-bond donors (Lipinski definition) is 0. The molecular formula is C22H28ClN3O2. The molecule has 2 aliphatic rings. The third kappa shape index (κ3) is 4.14. The van der Waals surface area contributed by atoms with Crippen LogP contribution in [0.2, 0.25) is 5.02 Å². The molecular weight excluding hydrogens is 374 g/mol. The van der Waals surface area contributed by atoms with Crippen molar-refractivity contribution >= 4 is 23.0 Å². The van der Waals surface area contributed by atoms with Gasteiger partial charge in [-0.05, 0) is 37.1 Å². The van der Waals surface area contributed by atoms with Crippen LogP contribution in [0, 0.1) is 5.92 Å². The second kappa shape index (κ2) is 8.48. The lowest BCUT2D eigenvalue weighted by Gasteiger charge is -2.38. The smallest absolute Gasteiger partial charge is 0.215 e. The number of ether oxygens (including phenoxy) is 2. The van der Waals surface area contributed by atoms with Gasteiger partial charge < -0.3 is 19.3 Å². The van der Waals surface area contributed by atoms with Crippen LogP contribution in [-0.4, -0.2) is 44.4 Å². The normalized spacial score (nSPS) is 22.4. The van der Waals surface area contributed by atoms with Crippen molar-refractivity contribution in [3.05, 3.63) is 41.6 Å². The monoisotopic (exact) mass is 401 g/mol. The molecule has 6 heteroatoms. The van der Waals surface area contributed by atoms with Crippen molar-refractivity contribution in [1.82, 2.24) is 4.98 Å². The molecule has 4 rings (SSSR count). The number of pyridine rings is 1. The summed E-state index contributed by atoms with van der Waals surface area (Å²) in [4.78, 5) is 8.91.